The molecule has 1 atom stereocenters. The van der Waals surface area contributed by atoms with E-state index in [-0.39, 0.29) is 17.6 Å². The lowest BCUT2D eigenvalue weighted by atomic mass is 9.93. The third kappa shape index (κ3) is 3.73. The highest BCUT2D eigenvalue weighted by atomic mass is 79.9. The maximum absolute atomic E-state index is 12.4. The van der Waals surface area contributed by atoms with Crippen LogP contribution in [0.25, 0.3) is 0 Å². The number of benzene rings is 1. The van der Waals surface area contributed by atoms with Gasteiger partial charge in [0.15, 0.2) is 0 Å². The molecule has 0 bridgehead atoms. The van der Waals surface area contributed by atoms with Crippen molar-refractivity contribution in [1.82, 2.24) is 5.32 Å². The van der Waals surface area contributed by atoms with Gasteiger partial charge in [0.25, 0.3) is 5.91 Å². The molecule has 1 N–H and O–H groups in total. The van der Waals surface area contributed by atoms with Gasteiger partial charge in [-0.05, 0) is 44.9 Å². The van der Waals surface area contributed by atoms with Crippen molar-refractivity contribution in [2.24, 2.45) is 0 Å². The number of hydrogen-bond acceptors (Lipinski definition) is 3. The molecule has 1 aromatic rings. The summed E-state index contributed by atoms with van der Waals surface area (Å²) in [6.45, 7) is 4.77. The first-order valence-corrected chi connectivity index (χ1v) is 7.49. The number of halogens is 1. The topological polar surface area (TPSA) is 47.6 Å². The van der Waals surface area contributed by atoms with Crippen LogP contribution in [0.15, 0.2) is 22.7 Å². The van der Waals surface area contributed by atoms with Crippen molar-refractivity contribution in [2.45, 2.75) is 38.3 Å². The minimum absolute atomic E-state index is 0.1000. The lowest BCUT2D eigenvalue weighted by molar-refractivity contribution is -0.0615. The van der Waals surface area contributed by atoms with E-state index in [4.69, 9.17) is 9.47 Å². The zero-order valence-corrected chi connectivity index (χ0v) is 13.6. The predicted octanol–water partition coefficient (Wildman–Crippen LogP) is 3.15. The van der Waals surface area contributed by atoms with Crippen molar-refractivity contribution in [2.75, 3.05) is 13.7 Å². The van der Waals surface area contributed by atoms with E-state index in [1.807, 2.05) is 19.9 Å². The summed E-state index contributed by atoms with van der Waals surface area (Å²) in [6, 6.07) is 5.54. The molecular formula is C15H20BrNO3. The van der Waals surface area contributed by atoms with Crippen LogP contribution in [0.3, 0.4) is 0 Å². The molecule has 5 heteroatoms. The molecule has 1 aliphatic rings. The molecule has 1 unspecified atom stereocenters. The molecule has 0 radical (unpaired) electrons. The Hall–Kier alpha value is -1.07. The van der Waals surface area contributed by atoms with Crippen molar-refractivity contribution < 1.29 is 14.3 Å². The molecule has 1 aliphatic heterocycles. The van der Waals surface area contributed by atoms with Crippen LogP contribution in [0.2, 0.25) is 0 Å². The Labute approximate surface area is 128 Å². The predicted molar refractivity (Wildman–Crippen MR) is 81.2 cm³/mol. The Kier molecular flexibility index (Phi) is 4.70. The van der Waals surface area contributed by atoms with Crippen molar-refractivity contribution in [1.29, 1.82) is 0 Å². The molecule has 2 rings (SSSR count). The Morgan fingerprint density at radius 2 is 2.25 bits per heavy atom. The summed E-state index contributed by atoms with van der Waals surface area (Å²) in [5, 5.41) is 3.07. The maximum Gasteiger partial charge on any atom is 0.255 e. The van der Waals surface area contributed by atoms with E-state index >= 15 is 0 Å². The first-order valence-electron chi connectivity index (χ1n) is 6.70. The van der Waals surface area contributed by atoms with E-state index in [0.29, 0.717) is 17.9 Å². The van der Waals surface area contributed by atoms with E-state index in [9.17, 15) is 4.79 Å². The summed E-state index contributed by atoms with van der Waals surface area (Å²) in [7, 11) is 1.57. The molecule has 0 aromatic heterocycles. The highest BCUT2D eigenvalue weighted by Gasteiger charge is 2.30. The Bertz CT molecular complexity index is 502. The van der Waals surface area contributed by atoms with Gasteiger partial charge in [-0.15, -0.1) is 0 Å². The maximum atomic E-state index is 12.4. The largest absolute Gasteiger partial charge is 0.496 e. The van der Waals surface area contributed by atoms with Gasteiger partial charge in [0.1, 0.15) is 5.75 Å². The standard InChI is InChI=1S/C15H20BrNO3/c1-15(2)9-11(6-7-20-15)17-14(18)12-5-4-10(16)8-13(12)19-3/h4-5,8,11H,6-7,9H2,1-3H3,(H,17,18). The number of hydrogen-bond donors (Lipinski definition) is 1. The van der Waals surface area contributed by atoms with E-state index in [0.717, 1.165) is 17.3 Å². The molecule has 0 saturated carbocycles. The Balaban J connectivity index is 2.08. The first kappa shape index (κ1) is 15.3. The van der Waals surface area contributed by atoms with Gasteiger partial charge in [-0.1, -0.05) is 15.9 Å². The van der Waals surface area contributed by atoms with Crippen molar-refractivity contribution in [3.05, 3.63) is 28.2 Å². The number of ether oxygens (including phenoxy) is 2. The molecule has 0 aliphatic carbocycles. The van der Waals surface area contributed by atoms with Gasteiger partial charge in [0, 0.05) is 17.1 Å². The molecular weight excluding hydrogens is 322 g/mol. The van der Waals surface area contributed by atoms with Gasteiger partial charge >= 0.3 is 0 Å². The lowest BCUT2D eigenvalue weighted by Gasteiger charge is -2.35. The average molecular weight is 342 g/mol. The lowest BCUT2D eigenvalue weighted by Crippen LogP contribution is -2.45. The van der Waals surface area contributed by atoms with Crippen molar-refractivity contribution in [3.8, 4) is 5.75 Å². The Morgan fingerprint density at radius 3 is 2.90 bits per heavy atom. The quantitative estimate of drug-likeness (QED) is 0.918. The number of rotatable bonds is 3. The second-order valence-electron chi connectivity index (χ2n) is 5.62. The monoisotopic (exact) mass is 341 g/mol. The molecule has 20 heavy (non-hydrogen) atoms. The van der Waals surface area contributed by atoms with Crippen LogP contribution < -0.4 is 10.1 Å². The van der Waals surface area contributed by atoms with Crippen LogP contribution in [0.4, 0.5) is 0 Å². The van der Waals surface area contributed by atoms with Crippen LogP contribution in [0.1, 0.15) is 37.0 Å². The fraction of sp³-hybridized carbons (Fsp3) is 0.533. The van der Waals surface area contributed by atoms with E-state index in [1.54, 1.807) is 19.2 Å². The number of methoxy groups -OCH3 is 1. The van der Waals surface area contributed by atoms with Crippen LogP contribution in [0, 0.1) is 0 Å². The van der Waals surface area contributed by atoms with Crippen LogP contribution in [-0.4, -0.2) is 31.3 Å². The van der Waals surface area contributed by atoms with Gasteiger partial charge in [0.05, 0.1) is 18.3 Å². The second kappa shape index (κ2) is 6.14. The van der Waals surface area contributed by atoms with E-state index < -0.39 is 0 Å². The summed E-state index contributed by atoms with van der Waals surface area (Å²) < 4.78 is 11.8. The summed E-state index contributed by atoms with van der Waals surface area (Å²) in [5.74, 6) is 0.472. The van der Waals surface area contributed by atoms with E-state index in [1.165, 1.54) is 0 Å². The van der Waals surface area contributed by atoms with Gasteiger partial charge in [-0.2, -0.15) is 0 Å². The molecule has 1 fully saturated rings. The number of amides is 1. The summed E-state index contributed by atoms with van der Waals surface area (Å²) >= 11 is 3.37. The minimum Gasteiger partial charge on any atom is -0.496 e. The highest BCUT2D eigenvalue weighted by Crippen LogP contribution is 2.26. The SMILES string of the molecule is COc1cc(Br)ccc1C(=O)NC1CCOC(C)(C)C1. The number of nitrogens with one attached hydrogen (secondary N) is 1. The third-order valence-electron chi connectivity index (χ3n) is 3.44. The molecule has 1 aromatic carbocycles. The fourth-order valence-electron chi connectivity index (χ4n) is 2.47. The van der Waals surface area contributed by atoms with Crippen molar-refractivity contribution in [3.63, 3.8) is 0 Å². The fourth-order valence-corrected chi connectivity index (χ4v) is 2.81. The van der Waals surface area contributed by atoms with Crippen LogP contribution in [0.5, 0.6) is 5.75 Å². The summed E-state index contributed by atoms with van der Waals surface area (Å²) in [6.07, 6.45) is 1.66. The number of carbonyl (C=O) groups is 1. The summed E-state index contributed by atoms with van der Waals surface area (Å²) in [5.41, 5.74) is 0.375. The zero-order chi connectivity index (χ0) is 14.8. The molecule has 110 valence electrons. The average Bonchev–Trinajstić information content (AvgIpc) is 2.37. The van der Waals surface area contributed by atoms with Gasteiger partial charge < -0.3 is 14.8 Å². The molecule has 1 heterocycles. The molecule has 1 saturated heterocycles. The van der Waals surface area contributed by atoms with Gasteiger partial charge in [-0.25, -0.2) is 0 Å². The zero-order valence-electron chi connectivity index (χ0n) is 12.0. The van der Waals surface area contributed by atoms with Crippen LogP contribution in [-0.2, 0) is 4.74 Å². The second-order valence-corrected chi connectivity index (χ2v) is 6.53. The molecule has 4 nitrogen and oxygen atoms in total. The molecule has 1 amide bonds. The highest BCUT2D eigenvalue weighted by molar-refractivity contribution is 9.10. The Morgan fingerprint density at radius 1 is 1.50 bits per heavy atom. The number of carbonyl (C=O) groups excluding carboxylic acids is 1. The minimum atomic E-state index is -0.181. The van der Waals surface area contributed by atoms with E-state index in [2.05, 4.69) is 21.2 Å². The first-order chi connectivity index (χ1) is 9.41. The van der Waals surface area contributed by atoms with Gasteiger partial charge in [0.2, 0.25) is 0 Å². The normalized spacial score (nSPS) is 21.3. The van der Waals surface area contributed by atoms with Gasteiger partial charge in [-0.3, -0.25) is 4.79 Å². The third-order valence-corrected chi connectivity index (χ3v) is 3.93. The van der Waals surface area contributed by atoms with Crippen molar-refractivity contribution >= 4 is 21.8 Å². The van der Waals surface area contributed by atoms with Crippen LogP contribution >= 0.6 is 15.9 Å². The smallest absolute Gasteiger partial charge is 0.255 e. The molecule has 0 spiro atoms. The summed E-state index contributed by atoms with van der Waals surface area (Å²) in [4.78, 5) is 12.4.